The van der Waals surface area contributed by atoms with Gasteiger partial charge in [-0.15, -0.1) is 5.10 Å². The monoisotopic (exact) mass is 250 g/mol. The molecule has 1 N–H and O–H groups in total. The maximum absolute atomic E-state index is 5.02. The zero-order chi connectivity index (χ0) is 13.0. The fraction of sp³-hybridized carbons (Fsp3) is 0.636. The Hall–Kier alpha value is -1.76. The van der Waals surface area contributed by atoms with E-state index in [1.807, 2.05) is 6.20 Å². The number of nitrogens with zero attached hydrogens (tertiary/aromatic N) is 5. The van der Waals surface area contributed by atoms with E-state index in [1.54, 1.807) is 11.6 Å². The molecule has 98 valence electrons. The third kappa shape index (κ3) is 3.63. The van der Waals surface area contributed by atoms with Gasteiger partial charge in [-0.25, -0.2) is 4.68 Å². The van der Waals surface area contributed by atoms with Gasteiger partial charge in [-0.05, 0) is 19.4 Å². The fourth-order valence-electron chi connectivity index (χ4n) is 1.53. The van der Waals surface area contributed by atoms with Crippen LogP contribution in [0.5, 0.6) is 0 Å². The normalized spacial score (nSPS) is 11.3. The second kappa shape index (κ2) is 5.72. The van der Waals surface area contributed by atoms with Crippen molar-refractivity contribution >= 4 is 0 Å². The molecule has 0 fully saturated rings. The number of aryl methyl sites for hydroxylation is 1. The predicted octanol–water partition coefficient (Wildman–Crippen LogP) is 0.763. The highest BCUT2D eigenvalue weighted by atomic mass is 16.5. The van der Waals surface area contributed by atoms with Gasteiger partial charge in [0.1, 0.15) is 6.54 Å². The number of aromatic nitrogens is 5. The molecule has 0 bridgehead atoms. The molecule has 7 nitrogen and oxygen atoms in total. The molecule has 0 saturated carbocycles. The summed E-state index contributed by atoms with van der Waals surface area (Å²) in [5, 5.41) is 15.1. The van der Waals surface area contributed by atoms with Gasteiger partial charge in [-0.1, -0.05) is 24.2 Å². The molecule has 0 radical (unpaired) electrons. The van der Waals surface area contributed by atoms with Crippen LogP contribution in [0.2, 0.25) is 0 Å². The summed E-state index contributed by atoms with van der Waals surface area (Å²) in [5.41, 5.74) is 0.909. The standard InChI is InChI=1S/C11H18N6O/c1-8(2)4-12-5-10-6-17(16-14-10)7-11-13-9(3)15-18-11/h6,8,12H,4-5,7H2,1-3H3. The van der Waals surface area contributed by atoms with Gasteiger partial charge >= 0.3 is 0 Å². The molecule has 2 heterocycles. The van der Waals surface area contributed by atoms with Gasteiger partial charge < -0.3 is 9.84 Å². The SMILES string of the molecule is Cc1noc(Cn2cc(CNCC(C)C)nn2)n1. The summed E-state index contributed by atoms with van der Waals surface area (Å²) in [6.45, 7) is 8.27. The van der Waals surface area contributed by atoms with E-state index < -0.39 is 0 Å². The van der Waals surface area contributed by atoms with Crippen molar-refractivity contribution in [2.45, 2.75) is 33.9 Å². The number of nitrogens with one attached hydrogen (secondary N) is 1. The summed E-state index contributed by atoms with van der Waals surface area (Å²) in [7, 11) is 0. The molecule has 2 aromatic heterocycles. The van der Waals surface area contributed by atoms with Crippen LogP contribution in [0.3, 0.4) is 0 Å². The van der Waals surface area contributed by atoms with Crippen LogP contribution in [-0.4, -0.2) is 31.7 Å². The average Bonchev–Trinajstić information content (AvgIpc) is 2.89. The molecule has 2 rings (SSSR count). The van der Waals surface area contributed by atoms with Crippen molar-refractivity contribution in [1.82, 2.24) is 30.5 Å². The molecular weight excluding hydrogens is 232 g/mol. The zero-order valence-electron chi connectivity index (χ0n) is 10.9. The van der Waals surface area contributed by atoms with Crippen LogP contribution in [0.4, 0.5) is 0 Å². The summed E-state index contributed by atoms with van der Waals surface area (Å²) in [4.78, 5) is 4.12. The van der Waals surface area contributed by atoms with Crippen LogP contribution >= 0.6 is 0 Å². The molecule has 18 heavy (non-hydrogen) atoms. The van der Waals surface area contributed by atoms with E-state index >= 15 is 0 Å². The Bertz CT molecular complexity index is 489. The molecule has 0 amide bonds. The van der Waals surface area contributed by atoms with Gasteiger partial charge in [-0.2, -0.15) is 4.98 Å². The van der Waals surface area contributed by atoms with Gasteiger partial charge in [0.05, 0.1) is 11.9 Å². The van der Waals surface area contributed by atoms with Crippen molar-refractivity contribution in [2.75, 3.05) is 6.54 Å². The molecule has 0 aliphatic rings. The highest BCUT2D eigenvalue weighted by Gasteiger charge is 2.06. The fourth-order valence-corrected chi connectivity index (χ4v) is 1.53. The third-order valence-corrected chi connectivity index (χ3v) is 2.31. The van der Waals surface area contributed by atoms with E-state index in [9.17, 15) is 0 Å². The van der Waals surface area contributed by atoms with E-state index in [0.29, 0.717) is 24.2 Å². The third-order valence-electron chi connectivity index (χ3n) is 2.31. The van der Waals surface area contributed by atoms with Crippen molar-refractivity contribution in [3.05, 3.63) is 23.6 Å². The molecule has 0 spiro atoms. The van der Waals surface area contributed by atoms with Gasteiger partial charge in [0.2, 0.25) is 5.89 Å². The average molecular weight is 250 g/mol. The Balaban J connectivity index is 1.86. The predicted molar refractivity (Wildman–Crippen MR) is 64.7 cm³/mol. The van der Waals surface area contributed by atoms with Gasteiger partial charge in [0.15, 0.2) is 5.82 Å². The van der Waals surface area contributed by atoms with Crippen LogP contribution in [0, 0.1) is 12.8 Å². The summed E-state index contributed by atoms with van der Waals surface area (Å²) in [6.07, 6.45) is 1.88. The van der Waals surface area contributed by atoms with Crippen LogP contribution in [0.15, 0.2) is 10.7 Å². The maximum Gasteiger partial charge on any atom is 0.248 e. The zero-order valence-corrected chi connectivity index (χ0v) is 10.9. The molecule has 0 atom stereocenters. The molecule has 7 heteroatoms. The van der Waals surface area contributed by atoms with Crippen molar-refractivity contribution in [3.8, 4) is 0 Å². The molecular formula is C11H18N6O. The lowest BCUT2D eigenvalue weighted by Gasteiger charge is -2.04. The summed E-state index contributed by atoms with van der Waals surface area (Å²) < 4.78 is 6.72. The van der Waals surface area contributed by atoms with Crippen LogP contribution in [0.1, 0.15) is 31.3 Å². The minimum atomic E-state index is 0.456. The first kappa shape index (κ1) is 12.7. The van der Waals surface area contributed by atoms with E-state index in [4.69, 9.17) is 4.52 Å². The lowest BCUT2D eigenvalue weighted by molar-refractivity contribution is 0.361. The maximum atomic E-state index is 5.02. The van der Waals surface area contributed by atoms with Gasteiger partial charge in [0, 0.05) is 6.54 Å². The van der Waals surface area contributed by atoms with Crippen molar-refractivity contribution in [1.29, 1.82) is 0 Å². The minimum absolute atomic E-state index is 0.456. The van der Waals surface area contributed by atoms with Crippen molar-refractivity contribution in [2.24, 2.45) is 5.92 Å². The molecule has 0 unspecified atom stereocenters. The van der Waals surface area contributed by atoms with Gasteiger partial charge in [0.25, 0.3) is 0 Å². The van der Waals surface area contributed by atoms with Gasteiger partial charge in [-0.3, -0.25) is 0 Å². The molecule has 0 aliphatic heterocycles. The molecule has 0 aliphatic carbocycles. The quantitative estimate of drug-likeness (QED) is 0.815. The van der Waals surface area contributed by atoms with E-state index in [-0.39, 0.29) is 0 Å². The Morgan fingerprint density at radius 2 is 2.28 bits per heavy atom. The minimum Gasteiger partial charge on any atom is -0.337 e. The lowest BCUT2D eigenvalue weighted by atomic mass is 10.2. The van der Waals surface area contributed by atoms with E-state index in [2.05, 4.69) is 39.6 Å². The smallest absolute Gasteiger partial charge is 0.248 e. The summed E-state index contributed by atoms with van der Waals surface area (Å²) in [6, 6.07) is 0. The van der Waals surface area contributed by atoms with Crippen molar-refractivity contribution < 1.29 is 4.52 Å². The Labute approximate surface area is 106 Å². The second-order valence-corrected chi connectivity index (χ2v) is 4.67. The lowest BCUT2D eigenvalue weighted by Crippen LogP contribution is -2.19. The molecule has 0 saturated heterocycles. The highest BCUT2D eigenvalue weighted by molar-refractivity contribution is 4.93. The first-order valence-corrected chi connectivity index (χ1v) is 6.02. The van der Waals surface area contributed by atoms with E-state index in [1.165, 1.54) is 0 Å². The number of rotatable bonds is 6. The highest BCUT2D eigenvalue weighted by Crippen LogP contribution is 2.00. The molecule has 0 aromatic carbocycles. The Kier molecular flexibility index (Phi) is 4.03. The molecule has 2 aromatic rings. The number of hydrogen-bond donors (Lipinski definition) is 1. The first-order valence-electron chi connectivity index (χ1n) is 6.02. The van der Waals surface area contributed by atoms with Crippen LogP contribution in [0.25, 0.3) is 0 Å². The van der Waals surface area contributed by atoms with E-state index in [0.717, 1.165) is 18.8 Å². The number of hydrogen-bond acceptors (Lipinski definition) is 6. The Morgan fingerprint density at radius 3 is 2.94 bits per heavy atom. The second-order valence-electron chi connectivity index (χ2n) is 4.67. The van der Waals surface area contributed by atoms with Crippen LogP contribution in [-0.2, 0) is 13.1 Å². The topological polar surface area (TPSA) is 81.7 Å². The summed E-state index contributed by atoms with van der Waals surface area (Å²) in [5.74, 6) is 1.80. The Morgan fingerprint density at radius 1 is 1.44 bits per heavy atom. The largest absolute Gasteiger partial charge is 0.337 e. The van der Waals surface area contributed by atoms with Crippen molar-refractivity contribution in [3.63, 3.8) is 0 Å². The summed E-state index contributed by atoms with van der Waals surface area (Å²) >= 11 is 0. The van der Waals surface area contributed by atoms with Crippen LogP contribution < -0.4 is 5.32 Å². The first-order chi connectivity index (χ1) is 8.63.